The number of hydrogen-bond donors (Lipinski definition) is 0. The van der Waals surface area contributed by atoms with Gasteiger partial charge in [0.25, 0.3) is 0 Å². The topological polar surface area (TPSA) is 21.7 Å². The van der Waals surface area contributed by atoms with Gasteiger partial charge in [0.1, 0.15) is 17.7 Å². The average molecular weight is 265 g/mol. The number of benzene rings is 1. The highest BCUT2D eigenvalue weighted by Crippen LogP contribution is 2.39. The highest BCUT2D eigenvalue weighted by molar-refractivity contribution is 5.37. The summed E-state index contributed by atoms with van der Waals surface area (Å²) >= 11 is 0. The van der Waals surface area contributed by atoms with Gasteiger partial charge in [-0.25, -0.2) is 4.39 Å². The van der Waals surface area contributed by atoms with Gasteiger partial charge in [0.2, 0.25) is 0 Å². The first-order valence-electron chi connectivity index (χ1n) is 6.96. The van der Waals surface area contributed by atoms with Crippen LogP contribution >= 0.6 is 0 Å². The maximum Gasteiger partial charge on any atom is 0.125 e. The smallest absolute Gasteiger partial charge is 0.125 e. The first-order valence-corrected chi connectivity index (χ1v) is 6.96. The molecule has 0 aliphatic carbocycles. The number of rotatable bonds is 1. The standard InChI is InChI=1S/C15H20FNO2/c1-10(2)17-6-8-19-15-12-9-11(16)3-4-14(12)18-7-5-13(15)17/h3-4,9-10,13,15H,5-8H2,1-2H3/t13-,15-/m1/s1. The second-order valence-corrected chi connectivity index (χ2v) is 5.51. The van der Waals surface area contributed by atoms with Gasteiger partial charge >= 0.3 is 0 Å². The molecule has 3 nitrogen and oxygen atoms in total. The lowest BCUT2D eigenvalue weighted by molar-refractivity contribution is -0.0852. The summed E-state index contributed by atoms with van der Waals surface area (Å²) in [5.41, 5.74) is 0.854. The molecule has 0 amide bonds. The minimum absolute atomic E-state index is 0.0793. The van der Waals surface area contributed by atoms with Gasteiger partial charge in [-0.2, -0.15) is 0 Å². The Kier molecular flexibility index (Phi) is 3.46. The summed E-state index contributed by atoms with van der Waals surface area (Å²) in [6.07, 6.45) is 0.837. The van der Waals surface area contributed by atoms with Crippen molar-refractivity contribution in [1.29, 1.82) is 0 Å². The van der Waals surface area contributed by atoms with Crippen LogP contribution in [-0.4, -0.2) is 36.7 Å². The van der Waals surface area contributed by atoms with Gasteiger partial charge in [-0.3, -0.25) is 4.90 Å². The Labute approximate surface area is 113 Å². The number of morpholine rings is 1. The van der Waals surface area contributed by atoms with Crippen LogP contribution < -0.4 is 4.74 Å². The molecule has 3 rings (SSSR count). The van der Waals surface area contributed by atoms with E-state index < -0.39 is 0 Å². The van der Waals surface area contributed by atoms with Crippen molar-refractivity contribution >= 4 is 0 Å². The molecule has 0 N–H and O–H groups in total. The maximum atomic E-state index is 13.5. The summed E-state index contributed by atoms with van der Waals surface area (Å²) < 4.78 is 25.2. The van der Waals surface area contributed by atoms with Crippen molar-refractivity contribution in [1.82, 2.24) is 4.90 Å². The minimum atomic E-state index is -0.228. The number of halogens is 1. The third-order valence-electron chi connectivity index (χ3n) is 4.04. The summed E-state index contributed by atoms with van der Waals surface area (Å²) in [6, 6.07) is 5.46. The SMILES string of the molecule is CC(C)N1CCO[C@@H]2c3cc(F)ccc3OCC[C@H]21. The van der Waals surface area contributed by atoms with E-state index in [0.29, 0.717) is 19.3 Å². The largest absolute Gasteiger partial charge is 0.493 e. The molecule has 2 aliphatic rings. The minimum Gasteiger partial charge on any atom is -0.493 e. The van der Waals surface area contributed by atoms with Crippen LogP contribution in [0.15, 0.2) is 18.2 Å². The monoisotopic (exact) mass is 265 g/mol. The van der Waals surface area contributed by atoms with Gasteiger partial charge in [0.05, 0.1) is 13.2 Å². The van der Waals surface area contributed by atoms with Crippen molar-refractivity contribution in [3.63, 3.8) is 0 Å². The average Bonchev–Trinajstić information content (AvgIpc) is 2.57. The molecule has 0 unspecified atom stereocenters. The third-order valence-corrected chi connectivity index (χ3v) is 4.04. The Morgan fingerprint density at radius 1 is 1.32 bits per heavy atom. The van der Waals surface area contributed by atoms with Gasteiger partial charge in [-0.1, -0.05) is 0 Å². The van der Waals surface area contributed by atoms with Crippen LogP contribution in [0.25, 0.3) is 0 Å². The lowest BCUT2D eigenvalue weighted by Crippen LogP contribution is -2.50. The predicted octanol–water partition coefficient (Wildman–Crippen LogP) is 2.76. The molecule has 2 aliphatic heterocycles. The van der Waals surface area contributed by atoms with E-state index in [1.54, 1.807) is 12.1 Å². The van der Waals surface area contributed by atoms with E-state index in [9.17, 15) is 4.39 Å². The van der Waals surface area contributed by atoms with Crippen LogP contribution in [0.4, 0.5) is 4.39 Å². The van der Waals surface area contributed by atoms with Crippen LogP contribution in [0.5, 0.6) is 5.75 Å². The maximum absolute atomic E-state index is 13.5. The summed E-state index contributed by atoms with van der Waals surface area (Å²) in [6.45, 7) is 6.67. The van der Waals surface area contributed by atoms with Crippen LogP contribution in [-0.2, 0) is 4.74 Å². The summed E-state index contributed by atoms with van der Waals surface area (Å²) in [5.74, 6) is 0.535. The van der Waals surface area contributed by atoms with E-state index in [4.69, 9.17) is 9.47 Å². The zero-order valence-electron chi connectivity index (χ0n) is 11.4. The molecule has 1 fully saturated rings. The Hall–Kier alpha value is -1.13. The molecule has 0 spiro atoms. The van der Waals surface area contributed by atoms with Crippen LogP contribution in [0.3, 0.4) is 0 Å². The van der Waals surface area contributed by atoms with Crippen molar-refractivity contribution in [2.24, 2.45) is 0 Å². The molecular formula is C15H20FNO2. The van der Waals surface area contributed by atoms with E-state index in [0.717, 1.165) is 24.3 Å². The van der Waals surface area contributed by atoms with Crippen LogP contribution in [0.1, 0.15) is 31.9 Å². The van der Waals surface area contributed by atoms with Crippen molar-refractivity contribution in [3.8, 4) is 5.75 Å². The molecule has 0 saturated carbocycles. The Morgan fingerprint density at radius 2 is 2.16 bits per heavy atom. The van der Waals surface area contributed by atoms with Crippen molar-refractivity contribution in [2.75, 3.05) is 19.8 Å². The van der Waals surface area contributed by atoms with E-state index in [1.807, 2.05) is 0 Å². The zero-order chi connectivity index (χ0) is 13.4. The van der Waals surface area contributed by atoms with Crippen molar-refractivity contribution in [3.05, 3.63) is 29.6 Å². The second kappa shape index (κ2) is 5.10. The summed E-state index contributed by atoms with van der Waals surface area (Å²) in [7, 11) is 0. The Morgan fingerprint density at radius 3 is 2.95 bits per heavy atom. The van der Waals surface area contributed by atoms with Crippen LogP contribution in [0.2, 0.25) is 0 Å². The van der Waals surface area contributed by atoms with E-state index >= 15 is 0 Å². The first kappa shape index (κ1) is 12.9. The molecule has 104 valence electrons. The molecule has 1 aromatic rings. The molecular weight excluding hydrogens is 245 g/mol. The third kappa shape index (κ3) is 2.35. The Balaban J connectivity index is 1.99. The predicted molar refractivity (Wildman–Crippen MR) is 70.8 cm³/mol. The lowest BCUT2D eigenvalue weighted by atomic mass is 9.96. The number of hydrogen-bond acceptors (Lipinski definition) is 3. The second-order valence-electron chi connectivity index (χ2n) is 5.51. The van der Waals surface area contributed by atoms with Gasteiger partial charge in [0.15, 0.2) is 0 Å². The molecule has 4 heteroatoms. The Bertz CT molecular complexity index is 463. The normalized spacial score (nSPS) is 27.4. The van der Waals surface area contributed by atoms with Gasteiger partial charge in [-0.15, -0.1) is 0 Å². The molecule has 1 aromatic carbocycles. The van der Waals surface area contributed by atoms with Crippen LogP contribution in [0, 0.1) is 5.82 Å². The number of ether oxygens (including phenoxy) is 2. The molecule has 2 atom stereocenters. The zero-order valence-corrected chi connectivity index (χ0v) is 11.4. The first-order chi connectivity index (χ1) is 9.16. The lowest BCUT2D eigenvalue weighted by Gasteiger charge is -2.42. The summed E-state index contributed by atoms with van der Waals surface area (Å²) in [4.78, 5) is 2.44. The van der Waals surface area contributed by atoms with Gasteiger partial charge in [-0.05, 0) is 38.5 Å². The fourth-order valence-corrected chi connectivity index (χ4v) is 3.15. The van der Waals surface area contributed by atoms with Crippen molar-refractivity contribution in [2.45, 2.75) is 38.5 Å². The molecule has 1 saturated heterocycles. The van der Waals surface area contributed by atoms with E-state index in [1.165, 1.54) is 6.07 Å². The fraction of sp³-hybridized carbons (Fsp3) is 0.600. The summed E-state index contributed by atoms with van der Waals surface area (Å²) in [5, 5.41) is 0. The fourth-order valence-electron chi connectivity index (χ4n) is 3.15. The number of fused-ring (bicyclic) bond motifs is 3. The molecule has 19 heavy (non-hydrogen) atoms. The quantitative estimate of drug-likeness (QED) is 0.779. The molecule has 2 heterocycles. The number of nitrogens with zero attached hydrogens (tertiary/aromatic N) is 1. The highest BCUT2D eigenvalue weighted by atomic mass is 19.1. The molecule has 0 aromatic heterocycles. The van der Waals surface area contributed by atoms with E-state index in [-0.39, 0.29) is 18.0 Å². The highest BCUT2D eigenvalue weighted by Gasteiger charge is 2.37. The van der Waals surface area contributed by atoms with E-state index in [2.05, 4.69) is 18.7 Å². The van der Waals surface area contributed by atoms with Gasteiger partial charge < -0.3 is 9.47 Å². The van der Waals surface area contributed by atoms with Crippen molar-refractivity contribution < 1.29 is 13.9 Å². The van der Waals surface area contributed by atoms with Gasteiger partial charge in [0, 0.05) is 24.2 Å². The molecule has 0 bridgehead atoms. The molecule has 0 radical (unpaired) electrons.